The maximum atomic E-state index is 10.0. The van der Waals surface area contributed by atoms with Gasteiger partial charge >= 0.3 is 0 Å². The van der Waals surface area contributed by atoms with Crippen LogP contribution in [0.4, 0.5) is 5.69 Å². The molecular weight excluding hydrogens is 237 g/mol. The molecule has 0 fully saturated rings. The standard InChI is InChI=1S/C9H8Cl2NOSi/c10-14(11)5-4-8-2-1-3-9(6-8)12-7-13/h1-3,6H,4-5H2. The average molecular weight is 245 g/mol. The predicted octanol–water partition coefficient (Wildman–Crippen LogP) is 3.16. The average Bonchev–Trinajstić information content (AvgIpc) is 2.16. The van der Waals surface area contributed by atoms with Gasteiger partial charge in [0.1, 0.15) is 0 Å². The number of halogens is 2. The molecule has 2 nitrogen and oxygen atoms in total. The highest BCUT2D eigenvalue weighted by atomic mass is 35.7. The highest BCUT2D eigenvalue weighted by Gasteiger charge is 2.03. The highest BCUT2D eigenvalue weighted by molar-refractivity contribution is 7.33. The predicted molar refractivity (Wildman–Crippen MR) is 60.2 cm³/mol. The van der Waals surface area contributed by atoms with E-state index in [-0.39, 0.29) is 0 Å². The van der Waals surface area contributed by atoms with Gasteiger partial charge in [0, 0.05) is 0 Å². The lowest BCUT2D eigenvalue weighted by Crippen LogP contribution is -1.94. The molecule has 0 bridgehead atoms. The van der Waals surface area contributed by atoms with Crippen molar-refractivity contribution >= 4 is 41.3 Å². The number of hydrogen-bond acceptors (Lipinski definition) is 2. The fourth-order valence-electron chi connectivity index (χ4n) is 1.07. The second kappa shape index (κ2) is 5.99. The first kappa shape index (κ1) is 11.5. The van der Waals surface area contributed by atoms with Crippen LogP contribution in [-0.2, 0) is 11.2 Å². The number of aryl methyl sites for hydroxylation is 1. The van der Waals surface area contributed by atoms with E-state index in [0.29, 0.717) is 5.69 Å². The van der Waals surface area contributed by atoms with Crippen LogP contribution >= 0.6 is 22.2 Å². The van der Waals surface area contributed by atoms with Crippen LogP contribution < -0.4 is 0 Å². The van der Waals surface area contributed by atoms with Crippen LogP contribution in [0.2, 0.25) is 6.04 Å². The van der Waals surface area contributed by atoms with Crippen molar-refractivity contribution in [1.29, 1.82) is 0 Å². The number of aliphatic imine (C=N–C) groups is 1. The molecule has 1 rings (SSSR count). The van der Waals surface area contributed by atoms with E-state index in [1.807, 2.05) is 18.2 Å². The summed E-state index contributed by atoms with van der Waals surface area (Å²) < 4.78 is 0. The zero-order valence-electron chi connectivity index (χ0n) is 7.34. The molecule has 73 valence electrons. The first-order valence-electron chi connectivity index (χ1n) is 4.06. The largest absolute Gasteiger partial charge is 0.274 e. The second-order valence-corrected chi connectivity index (χ2v) is 7.21. The number of isocyanates is 1. The quantitative estimate of drug-likeness (QED) is 0.347. The number of carbonyl (C=O) groups excluding carboxylic acids is 1. The van der Waals surface area contributed by atoms with E-state index in [1.54, 1.807) is 6.07 Å². The Bertz CT molecular complexity index is 350. The zero-order chi connectivity index (χ0) is 10.4. The topological polar surface area (TPSA) is 29.4 Å². The van der Waals surface area contributed by atoms with Crippen LogP contribution in [-0.4, -0.2) is 13.5 Å². The smallest absolute Gasteiger partial charge is 0.211 e. The summed E-state index contributed by atoms with van der Waals surface area (Å²) in [7, 11) is -1.22. The lowest BCUT2D eigenvalue weighted by atomic mass is 10.1. The maximum absolute atomic E-state index is 10.0. The molecule has 0 saturated carbocycles. The lowest BCUT2D eigenvalue weighted by molar-refractivity contribution is 0.565. The van der Waals surface area contributed by atoms with Crippen LogP contribution in [0.15, 0.2) is 29.3 Å². The first-order chi connectivity index (χ1) is 6.72. The molecule has 14 heavy (non-hydrogen) atoms. The van der Waals surface area contributed by atoms with Crippen LogP contribution in [0.3, 0.4) is 0 Å². The van der Waals surface area contributed by atoms with E-state index in [0.717, 1.165) is 18.0 Å². The Morgan fingerprint density at radius 2 is 2.21 bits per heavy atom. The minimum absolute atomic E-state index is 0.621. The summed E-state index contributed by atoms with van der Waals surface area (Å²) in [5.41, 5.74) is 1.71. The Kier molecular flexibility index (Phi) is 4.91. The Hall–Kier alpha value is -0.603. The van der Waals surface area contributed by atoms with Gasteiger partial charge in [0.2, 0.25) is 6.08 Å². The summed E-state index contributed by atoms with van der Waals surface area (Å²) in [5, 5.41) is 0. The molecule has 0 heterocycles. The van der Waals surface area contributed by atoms with Crippen LogP contribution in [0.1, 0.15) is 5.56 Å². The zero-order valence-corrected chi connectivity index (χ0v) is 9.85. The van der Waals surface area contributed by atoms with Crippen molar-refractivity contribution in [3.8, 4) is 0 Å². The van der Waals surface area contributed by atoms with Crippen LogP contribution in [0, 0.1) is 0 Å². The third kappa shape index (κ3) is 4.07. The molecule has 0 unspecified atom stereocenters. The van der Waals surface area contributed by atoms with Gasteiger partial charge in [-0.15, -0.1) is 22.2 Å². The molecule has 0 amide bonds. The van der Waals surface area contributed by atoms with Gasteiger partial charge < -0.3 is 0 Å². The van der Waals surface area contributed by atoms with Crippen molar-refractivity contribution in [1.82, 2.24) is 0 Å². The van der Waals surface area contributed by atoms with E-state index in [9.17, 15) is 4.79 Å². The Morgan fingerprint density at radius 1 is 1.43 bits per heavy atom. The van der Waals surface area contributed by atoms with Crippen molar-refractivity contribution in [2.24, 2.45) is 4.99 Å². The fraction of sp³-hybridized carbons (Fsp3) is 0.222. The molecule has 1 aromatic carbocycles. The summed E-state index contributed by atoms with van der Waals surface area (Å²) >= 11 is 11.4. The third-order valence-corrected chi connectivity index (χ3v) is 3.45. The summed E-state index contributed by atoms with van der Waals surface area (Å²) in [6.07, 6.45) is 2.33. The van der Waals surface area contributed by atoms with Gasteiger partial charge in [0.25, 0.3) is 7.42 Å². The SMILES string of the molecule is O=C=Nc1cccc(CC[Si](Cl)Cl)c1. The minimum Gasteiger partial charge on any atom is -0.211 e. The van der Waals surface area contributed by atoms with Crippen LogP contribution in [0.25, 0.3) is 0 Å². The molecule has 0 aliphatic heterocycles. The molecular formula is C9H8Cl2NOSi. The number of hydrogen-bond donors (Lipinski definition) is 0. The molecule has 0 aliphatic rings. The van der Waals surface area contributed by atoms with Crippen molar-refractivity contribution in [2.75, 3.05) is 0 Å². The van der Waals surface area contributed by atoms with Gasteiger partial charge in [-0.25, -0.2) is 4.79 Å². The lowest BCUT2D eigenvalue weighted by Gasteiger charge is -2.00. The van der Waals surface area contributed by atoms with E-state index < -0.39 is 7.42 Å². The Balaban J connectivity index is 2.68. The van der Waals surface area contributed by atoms with E-state index in [1.165, 1.54) is 6.08 Å². The molecule has 0 atom stereocenters. The molecule has 0 aromatic heterocycles. The third-order valence-electron chi connectivity index (χ3n) is 1.69. The molecule has 1 radical (unpaired) electrons. The van der Waals surface area contributed by atoms with Gasteiger partial charge in [0.15, 0.2) is 0 Å². The highest BCUT2D eigenvalue weighted by Crippen LogP contribution is 2.16. The molecule has 0 aliphatic carbocycles. The van der Waals surface area contributed by atoms with E-state index in [2.05, 4.69) is 4.99 Å². The maximum Gasteiger partial charge on any atom is 0.274 e. The summed E-state index contributed by atoms with van der Waals surface area (Å²) in [4.78, 5) is 13.6. The normalized spacial score (nSPS) is 9.93. The molecule has 0 spiro atoms. The van der Waals surface area contributed by atoms with E-state index >= 15 is 0 Å². The summed E-state index contributed by atoms with van der Waals surface area (Å²) in [6, 6.07) is 8.19. The molecule has 5 heteroatoms. The van der Waals surface area contributed by atoms with Crippen molar-refractivity contribution in [2.45, 2.75) is 12.5 Å². The number of rotatable bonds is 4. The summed E-state index contributed by atoms with van der Waals surface area (Å²) in [5.74, 6) is 0. The second-order valence-electron chi connectivity index (χ2n) is 2.71. The van der Waals surface area contributed by atoms with E-state index in [4.69, 9.17) is 22.2 Å². The fourth-order valence-corrected chi connectivity index (χ4v) is 2.12. The van der Waals surface area contributed by atoms with Crippen molar-refractivity contribution < 1.29 is 4.79 Å². The monoisotopic (exact) mass is 244 g/mol. The van der Waals surface area contributed by atoms with Gasteiger partial charge in [-0.2, -0.15) is 4.99 Å². The first-order valence-corrected chi connectivity index (χ1v) is 7.79. The summed E-state index contributed by atoms with van der Waals surface area (Å²) in [6.45, 7) is 0. The number of benzene rings is 1. The van der Waals surface area contributed by atoms with Gasteiger partial charge in [0.05, 0.1) is 5.69 Å². The number of nitrogens with zero attached hydrogens (tertiary/aromatic N) is 1. The van der Waals surface area contributed by atoms with Crippen molar-refractivity contribution in [3.63, 3.8) is 0 Å². The van der Waals surface area contributed by atoms with Gasteiger partial charge in [-0.3, -0.25) is 0 Å². The molecule has 0 saturated heterocycles. The van der Waals surface area contributed by atoms with Gasteiger partial charge in [-0.05, 0) is 30.2 Å². The molecule has 0 N–H and O–H groups in total. The van der Waals surface area contributed by atoms with Crippen LogP contribution in [0.5, 0.6) is 0 Å². The minimum atomic E-state index is -1.22. The Labute approximate surface area is 93.6 Å². The van der Waals surface area contributed by atoms with Crippen molar-refractivity contribution in [3.05, 3.63) is 29.8 Å². The van der Waals surface area contributed by atoms with Gasteiger partial charge in [-0.1, -0.05) is 12.1 Å². The Morgan fingerprint density at radius 3 is 2.86 bits per heavy atom. The molecule has 1 aromatic rings.